The second-order valence-corrected chi connectivity index (χ2v) is 9.96. The summed E-state index contributed by atoms with van der Waals surface area (Å²) in [5.74, 6) is 0.717. The van der Waals surface area contributed by atoms with Crippen LogP contribution >= 0.6 is 0 Å². The van der Waals surface area contributed by atoms with Gasteiger partial charge in [-0.05, 0) is 67.5 Å². The van der Waals surface area contributed by atoms with E-state index < -0.39 is 0 Å². The number of aromatic nitrogens is 4. The minimum Gasteiger partial charge on any atom is -0.456 e. The zero-order valence-electron chi connectivity index (χ0n) is 19.0. The zero-order chi connectivity index (χ0) is 22.7. The molecule has 0 unspecified atom stereocenters. The highest BCUT2D eigenvalue weighted by Crippen LogP contribution is 2.49. The number of esters is 1. The summed E-state index contributed by atoms with van der Waals surface area (Å²) < 4.78 is 7.00. The molecule has 1 spiro atoms. The number of fused-ring (bicyclic) bond motifs is 3. The third-order valence-electron chi connectivity index (χ3n) is 7.97. The van der Waals surface area contributed by atoms with Crippen LogP contribution in [0.3, 0.4) is 0 Å². The average molecular weight is 449 g/mol. The minimum absolute atomic E-state index is 0.104. The molecule has 0 radical (unpaired) electrons. The molecule has 3 aliphatic heterocycles. The molecule has 1 aromatic heterocycles. The lowest BCUT2D eigenvalue weighted by Crippen LogP contribution is -2.42. The van der Waals surface area contributed by atoms with Gasteiger partial charge in [-0.25, -0.2) is 9.48 Å². The normalized spacial score (nSPS) is 28.6. The van der Waals surface area contributed by atoms with E-state index >= 15 is 0 Å². The Morgan fingerprint density at radius 1 is 1.24 bits per heavy atom. The number of nitrogens with one attached hydrogen (secondary N) is 1. The molecule has 172 valence electrons. The van der Waals surface area contributed by atoms with Crippen LogP contribution < -0.4 is 5.32 Å². The van der Waals surface area contributed by atoms with Crippen LogP contribution in [0.1, 0.15) is 57.1 Å². The summed E-state index contributed by atoms with van der Waals surface area (Å²) in [6.45, 7) is 5.60. The van der Waals surface area contributed by atoms with Gasteiger partial charge in [-0.3, -0.25) is 4.79 Å². The number of ether oxygens (including phenoxy) is 1. The van der Waals surface area contributed by atoms with Gasteiger partial charge in [-0.15, -0.1) is 5.10 Å². The Bertz CT molecular complexity index is 1180. The number of hydrogen-bond donors (Lipinski definition) is 1. The second-order valence-electron chi connectivity index (χ2n) is 9.96. The molecule has 1 saturated heterocycles. The van der Waals surface area contributed by atoms with Gasteiger partial charge >= 0.3 is 5.97 Å². The van der Waals surface area contributed by atoms with E-state index in [1.165, 1.54) is 11.1 Å². The molecule has 1 N–H and O–H groups in total. The predicted octanol–water partition coefficient (Wildman–Crippen LogP) is 2.17. The molecule has 33 heavy (non-hydrogen) atoms. The number of amides is 1. The van der Waals surface area contributed by atoms with Gasteiger partial charge in [0.05, 0.1) is 23.2 Å². The van der Waals surface area contributed by atoms with Crippen LogP contribution in [0.4, 0.5) is 0 Å². The topological polar surface area (TPSA) is 102 Å². The van der Waals surface area contributed by atoms with Crippen LogP contribution in [-0.2, 0) is 27.4 Å². The molecule has 1 saturated carbocycles. The molecule has 1 amide bonds. The lowest BCUT2D eigenvalue weighted by Gasteiger charge is -2.36. The predicted molar refractivity (Wildman–Crippen MR) is 118 cm³/mol. The van der Waals surface area contributed by atoms with E-state index in [-0.39, 0.29) is 29.9 Å². The molecule has 4 aliphatic rings. The van der Waals surface area contributed by atoms with E-state index in [9.17, 15) is 9.59 Å². The fraction of sp³-hybridized carbons (Fsp3) is 0.542. The maximum Gasteiger partial charge on any atom is 0.336 e. The zero-order valence-corrected chi connectivity index (χ0v) is 19.0. The molecule has 1 aliphatic carbocycles. The van der Waals surface area contributed by atoms with E-state index in [0.29, 0.717) is 11.6 Å². The van der Waals surface area contributed by atoms with Gasteiger partial charge in [0.15, 0.2) is 5.82 Å². The van der Waals surface area contributed by atoms with Gasteiger partial charge < -0.3 is 15.0 Å². The molecule has 1 atom stereocenters. The Kier molecular flexibility index (Phi) is 4.65. The van der Waals surface area contributed by atoms with Crippen molar-refractivity contribution in [3.8, 4) is 11.4 Å². The molecule has 2 fully saturated rings. The van der Waals surface area contributed by atoms with Crippen molar-refractivity contribution < 1.29 is 14.3 Å². The number of rotatable bonds is 4. The monoisotopic (exact) mass is 448 g/mol. The van der Waals surface area contributed by atoms with Crippen molar-refractivity contribution in [1.82, 2.24) is 30.4 Å². The Balaban J connectivity index is 1.08. The fourth-order valence-corrected chi connectivity index (χ4v) is 6.13. The quantitative estimate of drug-likeness (QED) is 0.610. The highest BCUT2D eigenvalue weighted by molar-refractivity contribution is 5.94. The Morgan fingerprint density at radius 3 is 2.82 bits per heavy atom. The summed E-state index contributed by atoms with van der Waals surface area (Å²) in [7, 11) is 0. The van der Waals surface area contributed by atoms with Crippen LogP contribution in [0.2, 0.25) is 0 Å². The summed E-state index contributed by atoms with van der Waals surface area (Å²) in [5.41, 5.74) is 4.64. The maximum atomic E-state index is 13.5. The van der Waals surface area contributed by atoms with Crippen LogP contribution in [0.25, 0.3) is 11.4 Å². The van der Waals surface area contributed by atoms with Crippen molar-refractivity contribution in [3.63, 3.8) is 0 Å². The standard InChI is InChI=1S/C24H28N6O3/c1-14-10-24(23(32)30(14)20-13-33-22(31)15(20)2)7-5-18(6-8-24)25-11-16-3-4-19-17(9-16)12-29-21(19)26-27-28-29/h3-4,9,14,18,25H,5-8,10-13H2,1-2H3/t14-,18-,24+/m0/s1. The molecule has 2 aromatic rings. The highest BCUT2D eigenvalue weighted by Gasteiger charge is 2.53. The smallest absolute Gasteiger partial charge is 0.336 e. The minimum atomic E-state index is -0.303. The van der Waals surface area contributed by atoms with Gasteiger partial charge in [0.2, 0.25) is 5.91 Å². The van der Waals surface area contributed by atoms with Crippen molar-refractivity contribution in [2.24, 2.45) is 5.41 Å². The number of tetrazole rings is 1. The van der Waals surface area contributed by atoms with E-state index in [2.05, 4.69) is 46.0 Å². The molecule has 4 heterocycles. The molecular formula is C24H28N6O3. The van der Waals surface area contributed by atoms with Gasteiger partial charge in [0, 0.05) is 24.2 Å². The largest absolute Gasteiger partial charge is 0.456 e. The lowest BCUT2D eigenvalue weighted by atomic mass is 9.70. The van der Waals surface area contributed by atoms with Gasteiger partial charge in [-0.2, -0.15) is 0 Å². The summed E-state index contributed by atoms with van der Waals surface area (Å²) in [4.78, 5) is 27.2. The number of nitrogens with zero attached hydrogens (tertiary/aromatic N) is 5. The Labute approximate surface area is 192 Å². The van der Waals surface area contributed by atoms with Crippen molar-refractivity contribution in [2.75, 3.05) is 6.61 Å². The molecule has 9 nitrogen and oxygen atoms in total. The first-order valence-electron chi connectivity index (χ1n) is 11.8. The van der Waals surface area contributed by atoms with Crippen molar-refractivity contribution in [2.45, 2.75) is 71.1 Å². The first-order valence-corrected chi connectivity index (χ1v) is 11.8. The van der Waals surface area contributed by atoms with Crippen LogP contribution in [0.5, 0.6) is 0 Å². The molecule has 9 heteroatoms. The Morgan fingerprint density at radius 2 is 2.06 bits per heavy atom. The Hall–Kier alpha value is -3.07. The molecular weight excluding hydrogens is 420 g/mol. The van der Waals surface area contributed by atoms with Crippen molar-refractivity contribution in [3.05, 3.63) is 40.6 Å². The van der Waals surface area contributed by atoms with E-state index in [4.69, 9.17) is 4.74 Å². The van der Waals surface area contributed by atoms with Crippen molar-refractivity contribution in [1.29, 1.82) is 0 Å². The first kappa shape index (κ1) is 20.5. The third kappa shape index (κ3) is 3.20. The lowest BCUT2D eigenvalue weighted by molar-refractivity contribution is -0.138. The van der Waals surface area contributed by atoms with Crippen LogP contribution in [-0.4, -0.2) is 55.7 Å². The number of carbonyl (C=O) groups is 2. The van der Waals surface area contributed by atoms with Gasteiger partial charge in [0.1, 0.15) is 6.61 Å². The van der Waals surface area contributed by atoms with E-state index in [1.807, 2.05) is 9.58 Å². The number of cyclic esters (lactones) is 1. The van der Waals surface area contributed by atoms with Crippen LogP contribution in [0, 0.1) is 5.41 Å². The fourth-order valence-electron chi connectivity index (χ4n) is 6.13. The highest BCUT2D eigenvalue weighted by atomic mass is 16.5. The first-order chi connectivity index (χ1) is 15.9. The molecule has 1 aromatic carbocycles. The van der Waals surface area contributed by atoms with Gasteiger partial charge in [-0.1, -0.05) is 18.2 Å². The summed E-state index contributed by atoms with van der Waals surface area (Å²) >= 11 is 0. The second kappa shape index (κ2) is 7.48. The third-order valence-corrected chi connectivity index (χ3v) is 7.97. The number of likely N-dealkylation sites (tertiary alicyclic amines) is 1. The summed E-state index contributed by atoms with van der Waals surface area (Å²) in [6.07, 6.45) is 4.59. The molecule has 6 rings (SSSR count). The number of benzene rings is 1. The number of carbonyl (C=O) groups excluding carboxylic acids is 2. The molecule has 0 bridgehead atoms. The van der Waals surface area contributed by atoms with Gasteiger partial charge in [0.25, 0.3) is 0 Å². The SMILES string of the molecule is CC1=C(N2C(=O)[C@]3(CC[C@@H](NCc4ccc5c(c4)Cn4nnnc4-5)CC3)C[C@@H]2C)COC1=O. The van der Waals surface area contributed by atoms with Crippen molar-refractivity contribution >= 4 is 11.9 Å². The van der Waals surface area contributed by atoms with E-state index in [1.54, 1.807) is 6.92 Å². The average Bonchev–Trinajstić information content (AvgIpc) is 3.53. The number of hydrogen-bond acceptors (Lipinski definition) is 7. The summed E-state index contributed by atoms with van der Waals surface area (Å²) in [6, 6.07) is 6.98. The maximum absolute atomic E-state index is 13.5. The van der Waals surface area contributed by atoms with Crippen LogP contribution in [0.15, 0.2) is 29.5 Å². The van der Waals surface area contributed by atoms with E-state index in [0.717, 1.165) is 62.3 Å². The summed E-state index contributed by atoms with van der Waals surface area (Å²) in [5, 5.41) is 15.6.